The van der Waals surface area contributed by atoms with Crippen molar-refractivity contribution in [1.29, 1.82) is 0 Å². The maximum atomic E-state index is 11.8. The lowest BCUT2D eigenvalue weighted by Crippen LogP contribution is -2.15. The molecule has 212 valence electrons. The summed E-state index contributed by atoms with van der Waals surface area (Å²) in [4.78, 5) is 25.6. The van der Waals surface area contributed by atoms with E-state index in [9.17, 15) is 9.59 Å². The molecule has 0 saturated heterocycles. The largest absolute Gasteiger partial charge is 0.469 e. The molecular weight excluding hydrogens is 524 g/mol. The average Bonchev–Trinajstić information content (AvgIpc) is 3.71. The predicted octanol–water partition coefficient (Wildman–Crippen LogP) is 7.83. The van der Waals surface area contributed by atoms with Gasteiger partial charge in [0.25, 0.3) is 0 Å². The topological polar surface area (TPSA) is 73.3 Å². The summed E-state index contributed by atoms with van der Waals surface area (Å²) in [6.45, 7) is 0. The predicted molar refractivity (Wildman–Crippen MR) is 169 cm³/mol. The van der Waals surface area contributed by atoms with Crippen molar-refractivity contribution in [1.82, 2.24) is 9.55 Å². The summed E-state index contributed by atoms with van der Waals surface area (Å²) in [6.07, 6.45) is 7.41. The average molecular weight is 559 g/mol. The molecule has 0 spiro atoms. The highest BCUT2D eigenvalue weighted by Crippen LogP contribution is 2.28. The molecule has 2 heterocycles. The Morgan fingerprint density at radius 2 is 1.38 bits per heavy atom. The number of hydrogen-bond donors (Lipinski definition) is 1. The number of ether oxygens (including phenoxy) is 2. The van der Waals surface area contributed by atoms with Gasteiger partial charge in [-0.3, -0.25) is 4.79 Å². The molecule has 1 atom stereocenters. The zero-order valence-corrected chi connectivity index (χ0v) is 23.7. The van der Waals surface area contributed by atoms with Crippen LogP contribution in [-0.4, -0.2) is 35.7 Å². The highest BCUT2D eigenvalue weighted by molar-refractivity contribution is 5.86. The van der Waals surface area contributed by atoms with Crippen molar-refractivity contribution in [2.45, 2.75) is 12.5 Å². The summed E-state index contributed by atoms with van der Waals surface area (Å²) in [7, 11) is 2.79. The Morgan fingerprint density at radius 3 is 2.07 bits per heavy atom. The summed E-state index contributed by atoms with van der Waals surface area (Å²) < 4.78 is 11.4. The van der Waals surface area contributed by atoms with Crippen molar-refractivity contribution in [2.24, 2.45) is 0 Å². The molecule has 6 rings (SSSR count). The normalized spacial score (nSPS) is 11.2. The standard InChI is InChI=1S/C18H17NO2.C10H10O2.C8H7N/c1-21-18(20)13-17(14-7-3-2-4-8-14)19-12-11-15-9-5-6-10-16(15)19;1-12-10(11)8-7-9-5-3-2-4-6-9;1-2-4-8-7(3-1)5-6-9-8/h2-12,17H,13H2,1H3;2-8H,1H3;1-6,9H/b;8-7+;. The van der Waals surface area contributed by atoms with E-state index in [1.54, 1.807) is 6.08 Å². The van der Waals surface area contributed by atoms with Crippen molar-refractivity contribution < 1.29 is 19.1 Å². The number of benzene rings is 4. The zero-order chi connectivity index (χ0) is 29.6. The van der Waals surface area contributed by atoms with E-state index >= 15 is 0 Å². The number of esters is 2. The molecule has 0 aliphatic rings. The molecule has 0 bridgehead atoms. The fraction of sp³-hybridized carbons (Fsp3) is 0.111. The number of nitrogens with zero attached hydrogens (tertiary/aromatic N) is 1. The van der Waals surface area contributed by atoms with Crippen molar-refractivity contribution >= 4 is 39.8 Å². The number of fused-ring (bicyclic) bond motifs is 2. The third-order valence-corrected chi connectivity index (χ3v) is 6.61. The van der Waals surface area contributed by atoms with Gasteiger partial charge >= 0.3 is 11.9 Å². The van der Waals surface area contributed by atoms with E-state index in [4.69, 9.17) is 4.74 Å². The van der Waals surface area contributed by atoms with Crippen LogP contribution >= 0.6 is 0 Å². The van der Waals surface area contributed by atoms with E-state index in [2.05, 4.69) is 50.7 Å². The molecule has 2 aromatic heterocycles. The highest BCUT2D eigenvalue weighted by atomic mass is 16.5. The molecule has 6 aromatic rings. The number of aromatic amines is 1. The number of para-hydroxylation sites is 2. The fourth-order valence-electron chi connectivity index (χ4n) is 4.46. The van der Waals surface area contributed by atoms with Gasteiger partial charge in [-0.25, -0.2) is 4.79 Å². The van der Waals surface area contributed by atoms with Gasteiger partial charge in [-0.1, -0.05) is 97.1 Å². The van der Waals surface area contributed by atoms with Crippen LogP contribution < -0.4 is 0 Å². The van der Waals surface area contributed by atoms with Crippen LogP contribution in [0.5, 0.6) is 0 Å². The maximum absolute atomic E-state index is 11.8. The first-order chi connectivity index (χ1) is 20.6. The smallest absolute Gasteiger partial charge is 0.330 e. The quantitative estimate of drug-likeness (QED) is 0.167. The molecule has 0 radical (unpaired) electrons. The van der Waals surface area contributed by atoms with Crippen LogP contribution in [0.15, 0.2) is 140 Å². The molecule has 6 nitrogen and oxygen atoms in total. The second-order valence-electron chi connectivity index (χ2n) is 9.32. The molecule has 1 unspecified atom stereocenters. The molecule has 0 aliphatic carbocycles. The molecule has 0 aliphatic heterocycles. The van der Waals surface area contributed by atoms with Gasteiger partial charge in [0.05, 0.1) is 26.7 Å². The lowest BCUT2D eigenvalue weighted by Gasteiger charge is -2.19. The Labute approximate surface area is 245 Å². The van der Waals surface area contributed by atoms with Gasteiger partial charge in [0.1, 0.15) is 0 Å². The van der Waals surface area contributed by atoms with Gasteiger partial charge in [0.2, 0.25) is 0 Å². The monoisotopic (exact) mass is 558 g/mol. The minimum atomic E-state index is -0.334. The van der Waals surface area contributed by atoms with Gasteiger partial charge in [0.15, 0.2) is 0 Å². The number of H-pyrrole nitrogens is 1. The van der Waals surface area contributed by atoms with E-state index in [0.29, 0.717) is 6.42 Å². The van der Waals surface area contributed by atoms with Crippen LogP contribution in [0.1, 0.15) is 23.6 Å². The van der Waals surface area contributed by atoms with Gasteiger partial charge in [-0.2, -0.15) is 0 Å². The Kier molecular flexibility index (Phi) is 10.9. The fourth-order valence-corrected chi connectivity index (χ4v) is 4.46. The first-order valence-electron chi connectivity index (χ1n) is 13.6. The van der Waals surface area contributed by atoms with Crippen LogP contribution in [0.2, 0.25) is 0 Å². The molecule has 42 heavy (non-hydrogen) atoms. The third kappa shape index (κ3) is 8.32. The van der Waals surface area contributed by atoms with Crippen LogP contribution in [-0.2, 0) is 19.1 Å². The van der Waals surface area contributed by atoms with E-state index in [0.717, 1.165) is 16.6 Å². The van der Waals surface area contributed by atoms with E-state index in [1.165, 1.54) is 36.6 Å². The Morgan fingerprint density at radius 1 is 0.738 bits per heavy atom. The summed E-state index contributed by atoms with van der Waals surface area (Å²) in [6, 6.07) is 40.1. The first kappa shape index (κ1) is 29.6. The van der Waals surface area contributed by atoms with Gasteiger partial charge < -0.3 is 19.0 Å². The summed E-state index contributed by atoms with van der Waals surface area (Å²) >= 11 is 0. The Bertz CT molecular complexity index is 1690. The summed E-state index contributed by atoms with van der Waals surface area (Å²) in [5, 5.41) is 2.45. The number of methoxy groups -OCH3 is 2. The number of hydrogen-bond acceptors (Lipinski definition) is 4. The number of carbonyl (C=O) groups is 2. The number of rotatable bonds is 6. The second kappa shape index (κ2) is 15.4. The van der Waals surface area contributed by atoms with E-state index in [1.807, 2.05) is 97.3 Å². The van der Waals surface area contributed by atoms with Crippen molar-refractivity contribution in [3.05, 3.63) is 151 Å². The van der Waals surface area contributed by atoms with E-state index < -0.39 is 0 Å². The molecule has 6 heteroatoms. The minimum Gasteiger partial charge on any atom is -0.469 e. The number of aromatic nitrogens is 2. The molecule has 0 saturated carbocycles. The lowest BCUT2D eigenvalue weighted by atomic mass is 10.0. The Hall–Kier alpha value is -5.36. The van der Waals surface area contributed by atoms with Gasteiger partial charge in [-0.15, -0.1) is 0 Å². The molecular formula is C36H34N2O4. The molecule has 0 amide bonds. The number of carbonyl (C=O) groups excluding carboxylic acids is 2. The van der Waals surface area contributed by atoms with Crippen LogP contribution in [0.4, 0.5) is 0 Å². The van der Waals surface area contributed by atoms with Gasteiger partial charge in [0, 0.05) is 29.5 Å². The second-order valence-corrected chi connectivity index (χ2v) is 9.32. The van der Waals surface area contributed by atoms with Crippen LogP contribution in [0.3, 0.4) is 0 Å². The molecule has 1 N–H and O–H groups in total. The SMILES string of the molecule is COC(=O)/C=C/c1ccccc1.COC(=O)CC(c1ccccc1)n1ccc2ccccc21.c1ccc2[nH]ccc2c1. The van der Waals surface area contributed by atoms with Crippen molar-refractivity contribution in [3.8, 4) is 0 Å². The first-order valence-corrected chi connectivity index (χ1v) is 13.6. The summed E-state index contributed by atoms with van der Waals surface area (Å²) in [5.41, 5.74) is 4.42. The summed E-state index contributed by atoms with van der Waals surface area (Å²) in [5.74, 6) is -0.541. The molecule has 0 fully saturated rings. The number of nitrogens with one attached hydrogen (secondary N) is 1. The van der Waals surface area contributed by atoms with Gasteiger partial charge in [-0.05, 0) is 52.2 Å². The van der Waals surface area contributed by atoms with E-state index in [-0.39, 0.29) is 18.0 Å². The maximum Gasteiger partial charge on any atom is 0.330 e. The third-order valence-electron chi connectivity index (χ3n) is 6.61. The zero-order valence-electron chi connectivity index (χ0n) is 23.7. The highest BCUT2D eigenvalue weighted by Gasteiger charge is 2.19. The van der Waals surface area contributed by atoms with Crippen molar-refractivity contribution in [2.75, 3.05) is 14.2 Å². The lowest BCUT2D eigenvalue weighted by molar-refractivity contribution is -0.141. The Balaban J connectivity index is 0.000000162. The minimum absolute atomic E-state index is 0.0569. The van der Waals surface area contributed by atoms with Crippen LogP contribution in [0.25, 0.3) is 27.9 Å². The molecule has 4 aromatic carbocycles. The van der Waals surface area contributed by atoms with Crippen molar-refractivity contribution in [3.63, 3.8) is 0 Å². The van der Waals surface area contributed by atoms with Crippen LogP contribution in [0, 0.1) is 0 Å².